The molecule has 9 aromatic rings. The molecule has 0 bridgehead atoms. The van der Waals surface area contributed by atoms with Gasteiger partial charge in [0.1, 0.15) is 11.6 Å². The highest BCUT2D eigenvalue weighted by molar-refractivity contribution is 7.40. The molecule has 11 rings (SSSR count). The third-order valence-corrected chi connectivity index (χ3v) is 16.0. The summed E-state index contributed by atoms with van der Waals surface area (Å²) in [6.45, 7) is 6.24. The lowest BCUT2D eigenvalue weighted by Gasteiger charge is -2.23. The highest BCUT2D eigenvalue weighted by Crippen LogP contribution is 2.53. The predicted molar refractivity (Wildman–Crippen MR) is 247 cm³/mol. The lowest BCUT2D eigenvalue weighted by atomic mass is 9.98. The lowest BCUT2D eigenvalue weighted by molar-refractivity contribution is 0.669. The normalized spacial score (nSPS) is 13.8. The molecule has 0 spiro atoms. The minimum atomic E-state index is 0.825. The van der Waals surface area contributed by atoms with E-state index in [1.54, 1.807) is 0 Å². The van der Waals surface area contributed by atoms with E-state index in [1.807, 2.05) is 58.5 Å². The number of benzene rings is 2. The Morgan fingerprint density at radius 1 is 0.561 bits per heavy atom. The summed E-state index contributed by atoms with van der Waals surface area (Å²) in [7, 11) is 0. The van der Waals surface area contributed by atoms with Crippen molar-refractivity contribution < 1.29 is 0 Å². The van der Waals surface area contributed by atoms with E-state index in [2.05, 4.69) is 70.9 Å². The quantitative estimate of drug-likeness (QED) is 0.0724. The average Bonchev–Trinajstić information content (AvgIpc) is 4.09. The summed E-state index contributed by atoms with van der Waals surface area (Å²) < 4.78 is 5.67. The average molecular weight is 805 g/mol. The van der Waals surface area contributed by atoms with Crippen molar-refractivity contribution in [2.24, 2.45) is 0 Å². The Morgan fingerprint density at radius 3 is 1.77 bits per heavy atom. The number of unbranched alkanes of at least 4 members (excludes halogenated alkanes) is 6. The van der Waals surface area contributed by atoms with Gasteiger partial charge in [-0.1, -0.05) is 76.7 Å². The molecule has 2 aromatic carbocycles. The third-order valence-electron chi connectivity index (χ3n) is 11.8. The standard InChI is InChI=1S/C46H44N8S3/c1-3-5-7-9-15-29-39-43(56-41(29)45-51-35-25-17-11-21-47-31(25)32-26(36(35)52-45)18-12-22-48-32)44-40(55-39)30(16-10-8-6-4-2)42(57-44)46-53-37-27-19-13-23-49-33(27)34-28(38(37)54-46)20-14-24-50-34/h11-14,17-22,49-50H,3-10,15-16,23-24H2,1-2H3,(H,51,52)(H,53,54). The molecule has 286 valence electrons. The molecule has 0 saturated carbocycles. The third kappa shape index (κ3) is 5.64. The van der Waals surface area contributed by atoms with Crippen molar-refractivity contribution in [3.63, 3.8) is 0 Å². The van der Waals surface area contributed by atoms with Gasteiger partial charge in [-0.3, -0.25) is 9.97 Å². The first-order chi connectivity index (χ1) is 28.2. The number of hydrogen-bond acceptors (Lipinski definition) is 9. The van der Waals surface area contributed by atoms with Crippen LogP contribution in [0.1, 0.15) is 87.5 Å². The second-order valence-corrected chi connectivity index (χ2v) is 18.5. The largest absolute Gasteiger partial charge is 0.379 e. The van der Waals surface area contributed by atoms with Crippen LogP contribution in [-0.4, -0.2) is 43.0 Å². The van der Waals surface area contributed by atoms with Crippen molar-refractivity contribution in [3.8, 4) is 21.4 Å². The van der Waals surface area contributed by atoms with Crippen LogP contribution in [-0.2, 0) is 12.8 Å². The van der Waals surface area contributed by atoms with Crippen LogP contribution in [0.4, 0.5) is 11.4 Å². The van der Waals surface area contributed by atoms with Crippen LogP contribution in [0.25, 0.3) is 96.2 Å². The number of pyridine rings is 2. The molecule has 0 amide bonds. The van der Waals surface area contributed by atoms with Crippen molar-refractivity contribution in [2.45, 2.75) is 78.1 Å². The van der Waals surface area contributed by atoms with Crippen molar-refractivity contribution in [1.29, 1.82) is 0 Å². The highest BCUT2D eigenvalue weighted by Gasteiger charge is 2.28. The second-order valence-electron chi connectivity index (χ2n) is 15.4. The monoisotopic (exact) mass is 804 g/mol. The summed E-state index contributed by atoms with van der Waals surface area (Å²) in [5.41, 5.74) is 13.5. The molecule has 7 aromatic heterocycles. The fourth-order valence-corrected chi connectivity index (χ4v) is 13.5. The van der Waals surface area contributed by atoms with Gasteiger partial charge in [0.2, 0.25) is 0 Å². The predicted octanol–water partition coefficient (Wildman–Crippen LogP) is 13.5. The minimum Gasteiger partial charge on any atom is -0.379 e. The maximum absolute atomic E-state index is 5.45. The number of nitrogens with zero attached hydrogens (tertiary/aromatic N) is 4. The number of nitrogens with one attached hydrogen (secondary N) is 4. The first-order valence-electron chi connectivity index (χ1n) is 20.6. The smallest absolute Gasteiger partial charge is 0.149 e. The van der Waals surface area contributed by atoms with Gasteiger partial charge in [0.25, 0.3) is 0 Å². The molecule has 2 aliphatic rings. The van der Waals surface area contributed by atoms with E-state index in [0.29, 0.717) is 0 Å². The van der Waals surface area contributed by atoms with E-state index >= 15 is 0 Å². The maximum atomic E-state index is 5.45. The summed E-state index contributed by atoms with van der Waals surface area (Å²) in [6.07, 6.45) is 24.5. The Bertz CT molecular complexity index is 2950. The van der Waals surface area contributed by atoms with Gasteiger partial charge in [0.05, 0.1) is 73.0 Å². The molecule has 0 unspecified atom stereocenters. The number of rotatable bonds is 12. The van der Waals surface area contributed by atoms with Crippen molar-refractivity contribution in [1.82, 2.24) is 29.9 Å². The number of imidazole rings is 2. The molecule has 11 heteroatoms. The molecule has 57 heavy (non-hydrogen) atoms. The van der Waals surface area contributed by atoms with Crippen molar-refractivity contribution in [3.05, 3.63) is 71.1 Å². The molecular formula is C46H44N8S3. The number of thiophene rings is 3. The van der Waals surface area contributed by atoms with Gasteiger partial charge in [-0.2, -0.15) is 0 Å². The molecule has 2 aliphatic heterocycles. The zero-order chi connectivity index (χ0) is 38.0. The molecule has 0 fully saturated rings. The van der Waals surface area contributed by atoms with E-state index < -0.39 is 0 Å². The molecule has 0 radical (unpaired) electrons. The van der Waals surface area contributed by atoms with Gasteiger partial charge in [0, 0.05) is 47.4 Å². The minimum absolute atomic E-state index is 0.825. The van der Waals surface area contributed by atoms with Crippen LogP contribution < -0.4 is 10.6 Å². The van der Waals surface area contributed by atoms with Gasteiger partial charge >= 0.3 is 0 Å². The second kappa shape index (κ2) is 14.4. The number of hydrogen-bond donors (Lipinski definition) is 4. The summed E-state index contributed by atoms with van der Waals surface area (Å²) in [5.74, 6) is 1.94. The van der Waals surface area contributed by atoms with Crippen LogP contribution in [0.15, 0.2) is 48.8 Å². The summed E-state index contributed by atoms with van der Waals surface area (Å²) in [4.78, 5) is 30.7. The molecule has 0 aliphatic carbocycles. The lowest BCUT2D eigenvalue weighted by Crippen LogP contribution is -2.13. The molecule has 0 saturated heterocycles. The van der Waals surface area contributed by atoms with Crippen molar-refractivity contribution >= 4 is 120 Å². The Labute approximate surface area is 342 Å². The Balaban J connectivity index is 1.11. The molecule has 4 N–H and O–H groups in total. The van der Waals surface area contributed by atoms with Crippen LogP contribution in [0, 0.1) is 0 Å². The highest BCUT2D eigenvalue weighted by atomic mass is 32.1. The van der Waals surface area contributed by atoms with Crippen LogP contribution in [0.3, 0.4) is 0 Å². The van der Waals surface area contributed by atoms with Crippen LogP contribution in [0.2, 0.25) is 0 Å². The zero-order valence-corrected chi connectivity index (χ0v) is 34.7. The fraction of sp³-hybridized carbons (Fsp3) is 0.304. The maximum Gasteiger partial charge on any atom is 0.149 e. The first kappa shape index (κ1) is 35.1. The number of aromatic nitrogens is 6. The van der Waals surface area contributed by atoms with Gasteiger partial charge in [-0.25, -0.2) is 9.97 Å². The van der Waals surface area contributed by atoms with Crippen LogP contribution >= 0.6 is 34.0 Å². The summed E-state index contributed by atoms with van der Waals surface area (Å²) in [6, 6.07) is 8.28. The number of aromatic amines is 2. The SMILES string of the molecule is CCCCCCc1c(-c2nc3c4c(c5c(c3[nH]2)C=CCN5)NCC=C4)sc2c1sc1c(CCCCCC)c(-c3nc4c5cccnc5c5ncccc5c4[nH]3)sc12. The summed E-state index contributed by atoms with van der Waals surface area (Å²) >= 11 is 5.88. The Kier molecular flexibility index (Phi) is 8.85. The number of H-pyrrole nitrogens is 2. The fourth-order valence-electron chi connectivity index (χ4n) is 9.02. The van der Waals surface area contributed by atoms with Gasteiger partial charge in [-0.05, 0) is 61.1 Å². The molecule has 8 nitrogen and oxygen atoms in total. The molecule has 9 heterocycles. The van der Waals surface area contributed by atoms with Crippen LogP contribution in [0.5, 0.6) is 0 Å². The van der Waals surface area contributed by atoms with E-state index in [9.17, 15) is 0 Å². The van der Waals surface area contributed by atoms with Gasteiger partial charge in [-0.15, -0.1) is 34.0 Å². The Hall–Kier alpha value is -5.10. The van der Waals surface area contributed by atoms with E-state index in [4.69, 9.17) is 19.9 Å². The number of anilines is 2. The van der Waals surface area contributed by atoms with Gasteiger partial charge in [0.15, 0.2) is 0 Å². The molecular weight excluding hydrogens is 761 g/mol. The van der Waals surface area contributed by atoms with E-state index in [0.717, 1.165) is 87.1 Å². The van der Waals surface area contributed by atoms with E-state index in [-0.39, 0.29) is 0 Å². The topological polar surface area (TPSA) is 107 Å². The zero-order valence-electron chi connectivity index (χ0n) is 32.3. The number of fused-ring (bicyclic) bond motifs is 15. The number of aryl methyl sites for hydroxylation is 2. The Morgan fingerprint density at radius 2 is 1.12 bits per heavy atom. The van der Waals surface area contributed by atoms with Gasteiger partial charge < -0.3 is 20.6 Å². The first-order valence-corrected chi connectivity index (χ1v) is 23.1. The van der Waals surface area contributed by atoms with Crippen molar-refractivity contribution in [2.75, 3.05) is 23.7 Å². The molecule has 0 atom stereocenters. The summed E-state index contributed by atoms with van der Waals surface area (Å²) in [5, 5.41) is 9.39. The van der Waals surface area contributed by atoms with E-state index in [1.165, 1.54) is 108 Å².